The molecule has 0 heterocycles. The molecule has 0 fully saturated rings. The van der Waals surface area contributed by atoms with E-state index >= 15 is 0 Å². The number of hydrogen-bond donors (Lipinski definition) is 0. The molecule has 0 spiro atoms. The largest absolute Gasteiger partial charge is 0.0876 e. The maximum Gasteiger partial charge on any atom is 0.0810 e. The number of halogens is 2. The summed E-state index contributed by atoms with van der Waals surface area (Å²) in [4.78, 5) is 0. The van der Waals surface area contributed by atoms with Crippen molar-refractivity contribution in [2.45, 2.75) is 140 Å². The Morgan fingerprint density at radius 2 is 0.844 bits per heavy atom. The van der Waals surface area contributed by atoms with Crippen LogP contribution in [0.4, 0.5) is 0 Å². The average Bonchev–Trinajstić information content (AvgIpc) is 2.77. The second kappa shape index (κ2) is 16.3. The number of alkyl halides is 2. The summed E-state index contributed by atoms with van der Waals surface area (Å²) >= 11 is 7.74. The van der Waals surface area contributed by atoms with E-state index < -0.39 is 16.1 Å². The molecule has 0 atom stereocenters. The van der Waals surface area contributed by atoms with Crippen LogP contribution in [0, 0.1) is 0 Å². The van der Waals surface area contributed by atoms with Crippen molar-refractivity contribution in [2.75, 3.05) is 0 Å². The highest BCUT2D eigenvalue weighted by Crippen LogP contribution is 2.24. The molecule has 0 nitrogen and oxygen atoms in total. The molecular formula is C28H52Br2Si2. The predicted octanol–water partition coefficient (Wildman–Crippen LogP) is 10.0. The normalized spacial score (nSPS) is 12.5. The van der Waals surface area contributed by atoms with E-state index in [4.69, 9.17) is 0 Å². The van der Waals surface area contributed by atoms with Crippen LogP contribution in [0.2, 0.25) is 38.3 Å². The lowest BCUT2D eigenvalue weighted by atomic mass is 10.1. The van der Waals surface area contributed by atoms with E-state index in [1.165, 1.54) is 89.1 Å². The second-order valence-corrected chi connectivity index (χ2v) is 22.0. The summed E-state index contributed by atoms with van der Waals surface area (Å²) in [6, 6.07) is 8.14. The summed E-state index contributed by atoms with van der Waals surface area (Å²) in [6.07, 6.45) is 16.8. The summed E-state index contributed by atoms with van der Waals surface area (Å²) in [5.74, 6) is 0. The third-order valence-electron chi connectivity index (χ3n) is 7.39. The minimum Gasteiger partial charge on any atom is -0.0876 e. The minimum atomic E-state index is -1.42. The maximum absolute atomic E-state index is 3.87. The van der Waals surface area contributed by atoms with Gasteiger partial charge in [0, 0.05) is 10.7 Å². The van der Waals surface area contributed by atoms with Crippen molar-refractivity contribution < 1.29 is 0 Å². The van der Waals surface area contributed by atoms with E-state index in [1.807, 2.05) is 0 Å². The zero-order valence-corrected chi connectivity index (χ0v) is 27.4. The number of hydrogen-bond acceptors (Lipinski definition) is 0. The van der Waals surface area contributed by atoms with E-state index in [-0.39, 0.29) is 0 Å². The minimum absolute atomic E-state index is 1.01. The molecule has 0 aliphatic rings. The quantitative estimate of drug-likeness (QED) is 0.0889. The molecule has 0 aromatic heterocycles. The van der Waals surface area contributed by atoms with Gasteiger partial charge in [-0.05, 0) is 11.1 Å². The zero-order valence-electron chi connectivity index (χ0n) is 22.2. The first-order valence-electron chi connectivity index (χ1n) is 13.5. The molecule has 4 heteroatoms. The number of rotatable bonds is 18. The molecule has 0 aliphatic carbocycles. The van der Waals surface area contributed by atoms with Crippen LogP contribution in [-0.2, 0) is 10.7 Å². The standard InChI is InChI=1S/C28H52Br2Si2/c1-7-9-11-13-15-17-19-31(3,4)27-21-26(24-30)28(22-25(27)23-29)32(5,6)20-18-16-14-12-10-8-2/h21-22H,7-20,23-24H2,1-6H3. The molecular weight excluding hydrogens is 552 g/mol. The van der Waals surface area contributed by atoms with E-state index in [1.54, 1.807) is 21.5 Å². The Kier molecular flexibility index (Phi) is 15.6. The molecule has 0 radical (unpaired) electrons. The summed E-state index contributed by atoms with van der Waals surface area (Å²) in [5, 5.41) is 5.44. The Hall–Kier alpha value is 0.614. The fourth-order valence-electron chi connectivity index (χ4n) is 5.13. The van der Waals surface area contributed by atoms with Crippen molar-refractivity contribution in [1.82, 2.24) is 0 Å². The molecule has 0 bridgehead atoms. The van der Waals surface area contributed by atoms with Gasteiger partial charge in [0.2, 0.25) is 0 Å². The summed E-state index contributed by atoms with van der Waals surface area (Å²) in [6.45, 7) is 15.0. The van der Waals surface area contributed by atoms with E-state index in [0.717, 1.165) is 10.7 Å². The lowest BCUT2D eigenvalue weighted by molar-refractivity contribution is 0.622. The van der Waals surface area contributed by atoms with E-state index in [9.17, 15) is 0 Å². The molecule has 0 aliphatic heterocycles. The fourth-order valence-corrected chi connectivity index (χ4v) is 12.6. The van der Waals surface area contributed by atoms with Gasteiger partial charge in [-0.2, -0.15) is 0 Å². The molecule has 1 rings (SSSR count). The molecule has 0 saturated heterocycles. The summed E-state index contributed by atoms with van der Waals surface area (Å²) in [5.41, 5.74) is 3.19. The first-order chi connectivity index (χ1) is 15.2. The Morgan fingerprint density at radius 3 is 1.16 bits per heavy atom. The Morgan fingerprint density at radius 1 is 0.531 bits per heavy atom. The first-order valence-corrected chi connectivity index (χ1v) is 22.2. The van der Waals surface area contributed by atoms with Gasteiger partial charge in [-0.3, -0.25) is 0 Å². The van der Waals surface area contributed by atoms with Crippen LogP contribution in [-0.4, -0.2) is 16.1 Å². The van der Waals surface area contributed by atoms with Gasteiger partial charge in [-0.1, -0.05) is 184 Å². The van der Waals surface area contributed by atoms with Gasteiger partial charge < -0.3 is 0 Å². The van der Waals surface area contributed by atoms with E-state index in [0.29, 0.717) is 0 Å². The highest BCUT2D eigenvalue weighted by molar-refractivity contribution is 9.08. The van der Waals surface area contributed by atoms with Gasteiger partial charge in [0.1, 0.15) is 0 Å². The molecule has 0 unspecified atom stereocenters. The second-order valence-electron chi connectivity index (χ2n) is 11.2. The zero-order chi connectivity index (χ0) is 24.0. The number of unbranched alkanes of at least 4 members (excludes halogenated alkanes) is 10. The summed E-state index contributed by atoms with van der Waals surface area (Å²) in [7, 11) is -2.85. The number of benzene rings is 1. The van der Waals surface area contributed by atoms with Crippen LogP contribution in [0.1, 0.15) is 102 Å². The van der Waals surface area contributed by atoms with Gasteiger partial charge in [-0.15, -0.1) is 0 Å². The first kappa shape index (κ1) is 30.6. The van der Waals surface area contributed by atoms with Crippen LogP contribution >= 0.6 is 31.9 Å². The predicted molar refractivity (Wildman–Crippen MR) is 162 cm³/mol. The van der Waals surface area contributed by atoms with Crippen molar-refractivity contribution >= 4 is 58.4 Å². The van der Waals surface area contributed by atoms with Crippen molar-refractivity contribution in [3.05, 3.63) is 23.3 Å². The lowest BCUT2D eigenvalue weighted by Crippen LogP contribution is -2.48. The highest BCUT2D eigenvalue weighted by Gasteiger charge is 2.30. The monoisotopic (exact) mass is 602 g/mol. The van der Waals surface area contributed by atoms with Crippen molar-refractivity contribution in [3.63, 3.8) is 0 Å². The van der Waals surface area contributed by atoms with Gasteiger partial charge in [0.25, 0.3) is 0 Å². The molecule has 0 saturated carbocycles. The van der Waals surface area contributed by atoms with Crippen LogP contribution < -0.4 is 10.4 Å². The van der Waals surface area contributed by atoms with Gasteiger partial charge in [0.15, 0.2) is 0 Å². The van der Waals surface area contributed by atoms with Crippen molar-refractivity contribution in [1.29, 1.82) is 0 Å². The maximum atomic E-state index is 3.87. The van der Waals surface area contributed by atoms with Crippen LogP contribution in [0.5, 0.6) is 0 Å². The Labute approximate surface area is 220 Å². The molecule has 186 valence electrons. The third kappa shape index (κ3) is 10.5. The van der Waals surface area contributed by atoms with Crippen LogP contribution in [0.15, 0.2) is 12.1 Å². The van der Waals surface area contributed by atoms with Gasteiger partial charge in [0.05, 0.1) is 16.1 Å². The Bertz CT molecular complexity index is 585. The van der Waals surface area contributed by atoms with Gasteiger partial charge in [-0.25, -0.2) is 0 Å². The molecule has 1 aromatic carbocycles. The van der Waals surface area contributed by atoms with Crippen LogP contribution in [0.3, 0.4) is 0 Å². The SMILES string of the molecule is CCCCCCCC[Si](C)(C)c1cc(CBr)c([Si](C)(C)CCCCCCCC)cc1CBr. The Balaban J connectivity index is 2.92. The lowest BCUT2D eigenvalue weighted by Gasteiger charge is -2.31. The van der Waals surface area contributed by atoms with E-state index in [2.05, 4.69) is 84.0 Å². The van der Waals surface area contributed by atoms with Crippen molar-refractivity contribution in [2.24, 2.45) is 0 Å². The molecule has 32 heavy (non-hydrogen) atoms. The highest BCUT2D eigenvalue weighted by atomic mass is 79.9. The van der Waals surface area contributed by atoms with Crippen molar-refractivity contribution in [3.8, 4) is 0 Å². The average molecular weight is 605 g/mol. The molecule has 1 aromatic rings. The fraction of sp³-hybridized carbons (Fsp3) is 0.786. The van der Waals surface area contributed by atoms with Gasteiger partial charge >= 0.3 is 0 Å². The van der Waals surface area contributed by atoms with Crippen LogP contribution in [0.25, 0.3) is 0 Å². The summed E-state index contributed by atoms with van der Waals surface area (Å²) < 4.78 is 0. The smallest absolute Gasteiger partial charge is 0.0810 e. The third-order valence-corrected chi connectivity index (χ3v) is 15.6. The molecule has 0 N–H and O–H groups in total. The molecule has 0 amide bonds. The topological polar surface area (TPSA) is 0 Å².